The second kappa shape index (κ2) is 5.37. The Morgan fingerprint density at radius 1 is 1.24 bits per heavy atom. The first-order valence-electron chi connectivity index (χ1n) is 7.57. The van der Waals surface area contributed by atoms with E-state index in [1.54, 1.807) is 0 Å². The van der Waals surface area contributed by atoms with Gasteiger partial charge in [-0.1, -0.05) is 39.0 Å². The Hall–Kier alpha value is -1.48. The lowest BCUT2D eigenvalue weighted by atomic mass is 10.2. The van der Waals surface area contributed by atoms with Gasteiger partial charge in [0.05, 0.1) is 11.2 Å². The molecule has 0 saturated heterocycles. The number of benzene rings is 1. The minimum Gasteiger partial charge on any atom is -0.542 e. The monoisotopic (exact) mass is 301 g/mol. The van der Waals surface area contributed by atoms with Crippen molar-refractivity contribution < 1.29 is 4.43 Å². The minimum absolute atomic E-state index is 0.196. The second-order valence-corrected chi connectivity index (χ2v) is 11.9. The highest BCUT2D eigenvalue weighted by Crippen LogP contribution is 2.41. The molecular weight excluding hydrogens is 274 g/mol. The van der Waals surface area contributed by atoms with Gasteiger partial charge in [0.2, 0.25) is 0 Å². The summed E-state index contributed by atoms with van der Waals surface area (Å²) in [5.41, 5.74) is 2.42. The Morgan fingerprint density at radius 3 is 2.43 bits per heavy atom. The molecular formula is C18H27NOSi. The Balaban J connectivity index is 2.59. The molecule has 0 bridgehead atoms. The number of hydrogen-bond acceptors (Lipinski definition) is 1. The highest BCUT2D eigenvalue weighted by Gasteiger charge is 2.40. The normalized spacial score (nSPS) is 12.7. The topological polar surface area (TPSA) is 14.2 Å². The van der Waals surface area contributed by atoms with Crippen LogP contribution in [0.5, 0.6) is 5.75 Å². The van der Waals surface area contributed by atoms with E-state index in [1.807, 2.05) is 6.08 Å². The largest absolute Gasteiger partial charge is 0.542 e. The summed E-state index contributed by atoms with van der Waals surface area (Å²) in [5.74, 6) is 1.05. The van der Waals surface area contributed by atoms with Crippen LogP contribution in [0.2, 0.25) is 18.1 Å². The summed E-state index contributed by atoms with van der Waals surface area (Å²) < 4.78 is 8.90. The van der Waals surface area contributed by atoms with E-state index >= 15 is 0 Å². The lowest BCUT2D eigenvalue weighted by Crippen LogP contribution is -2.44. The van der Waals surface area contributed by atoms with Gasteiger partial charge in [0.15, 0.2) is 0 Å². The summed E-state index contributed by atoms with van der Waals surface area (Å²) in [4.78, 5) is 0. The lowest BCUT2D eigenvalue weighted by molar-refractivity contribution is 0.491. The van der Waals surface area contributed by atoms with Crippen LogP contribution in [0.1, 0.15) is 26.5 Å². The molecule has 2 rings (SSSR count). The Morgan fingerprint density at radius 2 is 1.86 bits per heavy atom. The van der Waals surface area contributed by atoms with Crippen molar-refractivity contribution in [2.24, 2.45) is 0 Å². The summed E-state index contributed by atoms with van der Waals surface area (Å²) >= 11 is 0. The van der Waals surface area contributed by atoms with Crippen molar-refractivity contribution >= 4 is 19.2 Å². The van der Waals surface area contributed by atoms with Gasteiger partial charge >= 0.3 is 0 Å². The molecule has 0 unspecified atom stereocenters. The second-order valence-electron chi connectivity index (χ2n) is 7.19. The van der Waals surface area contributed by atoms with Crippen LogP contribution in [-0.2, 0) is 6.54 Å². The third kappa shape index (κ3) is 2.79. The smallest absolute Gasteiger partial charge is 0.250 e. The standard InChI is InChI=1S/C18H27NOSi/c1-8-13-19-14(2)17(15-11-9-10-12-16(15)19)20-21(6,7)18(3,4)5/h8-12H,1,13H2,2-7H3. The van der Waals surface area contributed by atoms with Gasteiger partial charge in [0.1, 0.15) is 5.75 Å². The summed E-state index contributed by atoms with van der Waals surface area (Å²) in [6, 6.07) is 8.48. The zero-order valence-corrected chi connectivity index (χ0v) is 15.2. The number of rotatable bonds is 4. The summed E-state index contributed by atoms with van der Waals surface area (Å²) in [5, 5.41) is 1.41. The number of fused-ring (bicyclic) bond motifs is 1. The van der Waals surface area contributed by atoms with E-state index in [4.69, 9.17) is 4.43 Å². The molecule has 0 N–H and O–H groups in total. The number of nitrogens with zero attached hydrogens (tertiary/aromatic N) is 1. The highest BCUT2D eigenvalue weighted by atomic mass is 28.4. The van der Waals surface area contributed by atoms with E-state index in [1.165, 1.54) is 16.6 Å². The molecule has 3 heteroatoms. The summed E-state index contributed by atoms with van der Waals surface area (Å²) in [6.07, 6.45) is 1.94. The quantitative estimate of drug-likeness (QED) is 0.536. The van der Waals surface area contributed by atoms with E-state index in [0.29, 0.717) is 0 Å². The van der Waals surface area contributed by atoms with Crippen LogP contribution in [-0.4, -0.2) is 12.9 Å². The first-order valence-corrected chi connectivity index (χ1v) is 10.5. The lowest BCUT2D eigenvalue weighted by Gasteiger charge is -2.36. The zero-order chi connectivity index (χ0) is 15.8. The summed E-state index contributed by atoms with van der Waals surface area (Å²) in [6.45, 7) is 18.3. The minimum atomic E-state index is -1.84. The maximum atomic E-state index is 6.62. The number of para-hydroxylation sites is 1. The van der Waals surface area contributed by atoms with Crippen LogP contribution in [0.15, 0.2) is 36.9 Å². The molecule has 2 aromatic rings. The molecule has 0 saturated carbocycles. The molecule has 21 heavy (non-hydrogen) atoms. The van der Waals surface area contributed by atoms with Gasteiger partial charge < -0.3 is 8.99 Å². The number of aromatic nitrogens is 1. The van der Waals surface area contributed by atoms with Crippen LogP contribution in [0, 0.1) is 6.92 Å². The fourth-order valence-electron chi connectivity index (χ4n) is 2.30. The van der Waals surface area contributed by atoms with Crippen molar-refractivity contribution in [1.82, 2.24) is 4.57 Å². The number of hydrogen-bond donors (Lipinski definition) is 0. The van der Waals surface area contributed by atoms with Crippen LogP contribution in [0.3, 0.4) is 0 Å². The van der Waals surface area contributed by atoms with Gasteiger partial charge in [-0.3, -0.25) is 0 Å². The SMILES string of the molecule is C=CCn1c(C)c(O[Si](C)(C)C(C)(C)C)c2ccccc21. The molecule has 0 amide bonds. The zero-order valence-electron chi connectivity index (χ0n) is 14.2. The first-order chi connectivity index (χ1) is 9.69. The highest BCUT2D eigenvalue weighted by molar-refractivity contribution is 6.74. The van der Waals surface area contributed by atoms with Gasteiger partial charge in [0, 0.05) is 11.9 Å². The van der Waals surface area contributed by atoms with E-state index < -0.39 is 8.32 Å². The molecule has 1 aromatic heterocycles. The molecule has 1 heterocycles. The van der Waals surface area contributed by atoms with Crippen molar-refractivity contribution in [3.05, 3.63) is 42.6 Å². The molecule has 0 fully saturated rings. The average Bonchev–Trinajstić information content (AvgIpc) is 2.64. The third-order valence-electron chi connectivity index (χ3n) is 4.65. The van der Waals surface area contributed by atoms with Crippen molar-refractivity contribution in [3.8, 4) is 5.75 Å². The van der Waals surface area contributed by atoms with E-state index in [2.05, 4.69) is 76.2 Å². The third-order valence-corrected chi connectivity index (χ3v) is 8.97. The van der Waals surface area contributed by atoms with Gasteiger partial charge in [-0.2, -0.15) is 0 Å². The van der Waals surface area contributed by atoms with Gasteiger partial charge in [-0.05, 0) is 37.2 Å². The number of allylic oxidation sites excluding steroid dienone is 1. The average molecular weight is 302 g/mol. The molecule has 0 aliphatic rings. The Labute approximate surface area is 129 Å². The van der Waals surface area contributed by atoms with Gasteiger partial charge in [0.25, 0.3) is 8.32 Å². The molecule has 114 valence electrons. The predicted molar refractivity (Wildman–Crippen MR) is 94.7 cm³/mol. The summed E-state index contributed by atoms with van der Waals surface area (Å²) in [7, 11) is -1.84. The van der Waals surface area contributed by atoms with Crippen LogP contribution < -0.4 is 4.43 Å². The molecule has 2 nitrogen and oxygen atoms in total. The van der Waals surface area contributed by atoms with Crippen molar-refractivity contribution in [2.75, 3.05) is 0 Å². The van der Waals surface area contributed by atoms with E-state index in [9.17, 15) is 0 Å². The van der Waals surface area contributed by atoms with E-state index in [-0.39, 0.29) is 5.04 Å². The fraction of sp³-hybridized carbons (Fsp3) is 0.444. The maximum Gasteiger partial charge on any atom is 0.250 e. The molecule has 0 aliphatic carbocycles. The molecule has 0 aliphatic heterocycles. The van der Waals surface area contributed by atoms with Gasteiger partial charge in [-0.15, -0.1) is 6.58 Å². The van der Waals surface area contributed by atoms with Crippen LogP contribution in [0.25, 0.3) is 10.9 Å². The van der Waals surface area contributed by atoms with E-state index in [0.717, 1.165) is 12.3 Å². The van der Waals surface area contributed by atoms with Crippen molar-refractivity contribution in [1.29, 1.82) is 0 Å². The molecule has 0 spiro atoms. The maximum absolute atomic E-state index is 6.62. The van der Waals surface area contributed by atoms with Gasteiger partial charge in [-0.25, -0.2) is 0 Å². The van der Waals surface area contributed by atoms with Crippen LogP contribution >= 0.6 is 0 Å². The van der Waals surface area contributed by atoms with Crippen molar-refractivity contribution in [3.63, 3.8) is 0 Å². The molecule has 0 atom stereocenters. The predicted octanol–water partition coefficient (Wildman–Crippen LogP) is 5.52. The van der Waals surface area contributed by atoms with Crippen molar-refractivity contribution in [2.45, 2.75) is 52.4 Å². The van der Waals surface area contributed by atoms with Crippen LogP contribution in [0.4, 0.5) is 0 Å². The Bertz CT molecular complexity index is 662. The molecule has 0 radical (unpaired) electrons. The Kier molecular flexibility index (Phi) is 4.07. The fourth-order valence-corrected chi connectivity index (χ4v) is 3.37. The first kappa shape index (κ1) is 15.9. The molecule has 1 aromatic carbocycles.